The largest absolute Gasteiger partial charge is 0.377 e. The van der Waals surface area contributed by atoms with Crippen LogP contribution in [0.1, 0.15) is 31.2 Å². The molecule has 0 aliphatic carbocycles. The van der Waals surface area contributed by atoms with E-state index < -0.39 is 0 Å². The zero-order valence-electron chi connectivity index (χ0n) is 17.8. The van der Waals surface area contributed by atoms with Crippen molar-refractivity contribution in [1.82, 2.24) is 24.6 Å². The van der Waals surface area contributed by atoms with Crippen molar-refractivity contribution in [2.45, 2.75) is 33.3 Å². The highest BCUT2D eigenvalue weighted by Crippen LogP contribution is 2.27. The maximum Gasteiger partial charge on any atom is 0.222 e. The quantitative estimate of drug-likeness (QED) is 0.646. The van der Waals surface area contributed by atoms with Gasteiger partial charge >= 0.3 is 0 Å². The second-order valence-corrected chi connectivity index (χ2v) is 7.60. The Labute approximate surface area is 176 Å². The number of nitrogens with zero attached hydrogens (tertiary/aromatic N) is 6. The molecule has 0 N–H and O–H groups in total. The molecule has 1 aliphatic heterocycles. The summed E-state index contributed by atoms with van der Waals surface area (Å²) in [6, 6.07) is 8.21. The number of amides is 1. The van der Waals surface area contributed by atoms with E-state index in [2.05, 4.69) is 29.1 Å². The van der Waals surface area contributed by atoms with Crippen LogP contribution in [-0.4, -0.2) is 63.8 Å². The van der Waals surface area contributed by atoms with Gasteiger partial charge in [0.25, 0.3) is 0 Å². The summed E-state index contributed by atoms with van der Waals surface area (Å²) in [5.74, 6) is 1.69. The molecule has 158 valence electrons. The average molecular weight is 409 g/mol. The minimum Gasteiger partial charge on any atom is -0.377 e. The number of benzene rings is 1. The fourth-order valence-electron chi connectivity index (χ4n) is 3.85. The molecule has 1 aliphatic rings. The zero-order valence-corrected chi connectivity index (χ0v) is 17.8. The van der Waals surface area contributed by atoms with Gasteiger partial charge in [-0.25, -0.2) is 14.6 Å². The predicted octanol–water partition coefficient (Wildman–Crippen LogP) is 2.72. The maximum absolute atomic E-state index is 12.2. The molecule has 0 bridgehead atoms. The molecule has 8 heteroatoms. The molecule has 0 unspecified atom stereocenters. The van der Waals surface area contributed by atoms with Crippen molar-refractivity contribution in [2.24, 2.45) is 0 Å². The molecule has 8 nitrogen and oxygen atoms in total. The van der Waals surface area contributed by atoms with Gasteiger partial charge in [0.05, 0.1) is 17.3 Å². The van der Waals surface area contributed by atoms with Gasteiger partial charge in [0.2, 0.25) is 5.91 Å². The van der Waals surface area contributed by atoms with E-state index in [0.29, 0.717) is 25.4 Å². The third-order valence-electron chi connectivity index (χ3n) is 5.46. The van der Waals surface area contributed by atoms with E-state index in [1.807, 2.05) is 34.8 Å². The van der Waals surface area contributed by atoms with Crippen LogP contribution in [0.25, 0.3) is 16.7 Å². The van der Waals surface area contributed by atoms with E-state index in [-0.39, 0.29) is 5.91 Å². The number of aromatic nitrogens is 4. The fraction of sp³-hybridized carbons (Fsp3) is 0.455. The number of ether oxygens (including phenoxy) is 1. The molecule has 0 spiro atoms. The van der Waals surface area contributed by atoms with Crippen LogP contribution >= 0.6 is 0 Å². The summed E-state index contributed by atoms with van der Waals surface area (Å²) in [4.78, 5) is 25.9. The lowest BCUT2D eigenvalue weighted by Crippen LogP contribution is -2.35. The normalized spacial score (nSPS) is 14.9. The van der Waals surface area contributed by atoms with Gasteiger partial charge in [-0.1, -0.05) is 24.6 Å². The van der Waals surface area contributed by atoms with E-state index >= 15 is 0 Å². The molecule has 1 fully saturated rings. The van der Waals surface area contributed by atoms with Crippen LogP contribution < -0.4 is 4.90 Å². The van der Waals surface area contributed by atoms with Crippen LogP contribution in [0.2, 0.25) is 0 Å². The van der Waals surface area contributed by atoms with Crippen molar-refractivity contribution >= 4 is 22.8 Å². The molecule has 1 amide bonds. The lowest BCUT2D eigenvalue weighted by atomic mass is 10.2. The zero-order chi connectivity index (χ0) is 21.1. The summed E-state index contributed by atoms with van der Waals surface area (Å²) in [6.07, 6.45) is 3.28. The number of hydrogen-bond acceptors (Lipinski definition) is 6. The third kappa shape index (κ3) is 4.00. The first-order valence-corrected chi connectivity index (χ1v) is 10.4. The van der Waals surface area contributed by atoms with Crippen molar-refractivity contribution in [3.8, 4) is 5.69 Å². The average Bonchev–Trinajstić information content (AvgIpc) is 3.02. The Morgan fingerprint density at radius 1 is 1.10 bits per heavy atom. The maximum atomic E-state index is 12.2. The molecule has 0 saturated carbocycles. The molecule has 3 aromatic rings. The second kappa shape index (κ2) is 8.79. The molecule has 30 heavy (non-hydrogen) atoms. The van der Waals surface area contributed by atoms with Gasteiger partial charge in [-0.05, 0) is 25.5 Å². The van der Waals surface area contributed by atoms with Gasteiger partial charge in [-0.2, -0.15) is 5.10 Å². The summed E-state index contributed by atoms with van der Waals surface area (Å²) in [5, 5.41) is 5.52. The van der Waals surface area contributed by atoms with Crippen molar-refractivity contribution < 1.29 is 9.53 Å². The van der Waals surface area contributed by atoms with E-state index in [1.54, 1.807) is 7.11 Å². The lowest BCUT2D eigenvalue weighted by Gasteiger charge is -2.23. The molecule has 1 aromatic carbocycles. The molecule has 1 saturated heterocycles. The number of carbonyl (C=O) groups is 1. The van der Waals surface area contributed by atoms with Gasteiger partial charge in [0, 0.05) is 39.7 Å². The topological polar surface area (TPSA) is 76.4 Å². The van der Waals surface area contributed by atoms with Crippen LogP contribution in [0, 0.1) is 6.92 Å². The number of aryl methyl sites for hydroxylation is 1. The van der Waals surface area contributed by atoms with Crippen LogP contribution in [0.15, 0.2) is 30.5 Å². The highest BCUT2D eigenvalue weighted by molar-refractivity contribution is 5.88. The first-order chi connectivity index (χ1) is 14.6. The lowest BCUT2D eigenvalue weighted by molar-refractivity contribution is -0.130. The summed E-state index contributed by atoms with van der Waals surface area (Å²) >= 11 is 0. The number of rotatable bonds is 5. The van der Waals surface area contributed by atoms with Crippen molar-refractivity contribution in [3.63, 3.8) is 0 Å². The van der Waals surface area contributed by atoms with Crippen molar-refractivity contribution in [2.75, 3.05) is 38.2 Å². The molecular formula is C22H28N6O2. The van der Waals surface area contributed by atoms with Crippen molar-refractivity contribution in [3.05, 3.63) is 41.9 Å². The Morgan fingerprint density at radius 2 is 1.90 bits per heavy atom. The van der Waals surface area contributed by atoms with Crippen LogP contribution in [0.3, 0.4) is 0 Å². The smallest absolute Gasteiger partial charge is 0.222 e. The van der Waals surface area contributed by atoms with E-state index in [1.165, 1.54) is 5.56 Å². The standard InChI is InChI=1S/C22H28N6O2/c1-4-20(29)26-10-5-11-27(13-12-26)21-18-14-23-28(17-8-6-16(2)7-9-17)22(18)25-19(24-21)15-30-3/h6-9,14H,4-5,10-13,15H2,1-3H3. The van der Waals surface area contributed by atoms with Crippen LogP contribution in [-0.2, 0) is 16.1 Å². The first-order valence-electron chi connectivity index (χ1n) is 10.4. The Kier molecular flexibility index (Phi) is 5.94. The summed E-state index contributed by atoms with van der Waals surface area (Å²) in [6.45, 7) is 7.36. The number of anilines is 1. The third-order valence-corrected chi connectivity index (χ3v) is 5.46. The van der Waals surface area contributed by atoms with E-state index in [0.717, 1.165) is 48.6 Å². The Hall–Kier alpha value is -3.00. The summed E-state index contributed by atoms with van der Waals surface area (Å²) < 4.78 is 7.17. The Bertz CT molecular complexity index is 1030. The molecular weight excluding hydrogens is 380 g/mol. The monoisotopic (exact) mass is 408 g/mol. The van der Waals surface area contributed by atoms with Gasteiger partial charge in [0.15, 0.2) is 11.5 Å². The Balaban J connectivity index is 1.74. The first kappa shape index (κ1) is 20.3. The predicted molar refractivity (Wildman–Crippen MR) is 116 cm³/mol. The summed E-state index contributed by atoms with van der Waals surface area (Å²) in [5.41, 5.74) is 2.92. The summed E-state index contributed by atoms with van der Waals surface area (Å²) in [7, 11) is 1.64. The minimum atomic E-state index is 0.206. The highest BCUT2D eigenvalue weighted by atomic mass is 16.5. The number of carbonyl (C=O) groups excluding carboxylic acids is 1. The van der Waals surface area contributed by atoms with Gasteiger partial charge in [0.1, 0.15) is 12.4 Å². The molecule has 0 radical (unpaired) electrons. The van der Waals surface area contributed by atoms with Crippen molar-refractivity contribution in [1.29, 1.82) is 0 Å². The molecule has 0 atom stereocenters. The molecule has 3 heterocycles. The highest BCUT2D eigenvalue weighted by Gasteiger charge is 2.23. The van der Waals surface area contributed by atoms with Gasteiger partial charge < -0.3 is 14.5 Å². The molecule has 2 aromatic heterocycles. The fourth-order valence-corrected chi connectivity index (χ4v) is 3.85. The second-order valence-electron chi connectivity index (χ2n) is 7.60. The minimum absolute atomic E-state index is 0.206. The Morgan fingerprint density at radius 3 is 2.63 bits per heavy atom. The number of fused-ring (bicyclic) bond motifs is 1. The van der Waals surface area contributed by atoms with Crippen LogP contribution in [0.4, 0.5) is 5.82 Å². The van der Waals surface area contributed by atoms with E-state index in [4.69, 9.17) is 14.7 Å². The van der Waals surface area contributed by atoms with E-state index in [9.17, 15) is 4.79 Å². The van der Waals surface area contributed by atoms with Gasteiger partial charge in [-0.15, -0.1) is 0 Å². The number of hydrogen-bond donors (Lipinski definition) is 0. The SMILES string of the molecule is CCC(=O)N1CCCN(c2nc(COC)nc3c2cnn3-c2ccc(C)cc2)CC1. The van der Waals surface area contributed by atoms with Crippen LogP contribution in [0.5, 0.6) is 0 Å². The number of methoxy groups -OCH3 is 1. The van der Waals surface area contributed by atoms with Gasteiger partial charge in [-0.3, -0.25) is 4.79 Å². The molecule has 4 rings (SSSR count).